The molecule has 0 saturated carbocycles. The van der Waals surface area contributed by atoms with Gasteiger partial charge in [0.05, 0.1) is 29.1 Å². The van der Waals surface area contributed by atoms with Crippen molar-refractivity contribution in [1.82, 2.24) is 5.32 Å². The Morgan fingerprint density at radius 3 is 2.55 bits per heavy atom. The molecule has 3 N–H and O–H groups in total. The number of ether oxygens (including phenoxy) is 1. The number of hydrogen-bond donors (Lipinski definition) is 2. The number of amides is 1. The molecule has 0 aliphatic carbocycles. The van der Waals surface area contributed by atoms with Gasteiger partial charge in [0.25, 0.3) is 5.91 Å². The summed E-state index contributed by atoms with van der Waals surface area (Å²) >= 11 is 5.90. The van der Waals surface area contributed by atoms with E-state index in [0.717, 1.165) is 6.26 Å². The van der Waals surface area contributed by atoms with Gasteiger partial charge in [0.2, 0.25) is 0 Å². The van der Waals surface area contributed by atoms with Crippen molar-refractivity contribution >= 4 is 45.4 Å². The lowest BCUT2D eigenvalue weighted by Crippen LogP contribution is -2.34. The Bertz CT molecular complexity index is 635. The molecule has 0 heterocycles. The molecule has 9 heteroatoms. The van der Waals surface area contributed by atoms with Gasteiger partial charge in [0, 0.05) is 18.4 Å². The molecule has 1 aromatic carbocycles. The van der Waals surface area contributed by atoms with Gasteiger partial charge < -0.3 is 15.8 Å². The average molecular weight is 371 g/mol. The molecular formula is C13H20Cl2N2O4S. The van der Waals surface area contributed by atoms with Crippen LogP contribution in [0.3, 0.4) is 0 Å². The maximum absolute atomic E-state index is 12.2. The van der Waals surface area contributed by atoms with E-state index in [1.54, 1.807) is 6.92 Å². The summed E-state index contributed by atoms with van der Waals surface area (Å²) in [4.78, 5) is 12.2. The maximum Gasteiger partial charge on any atom is 0.255 e. The predicted molar refractivity (Wildman–Crippen MR) is 90.9 cm³/mol. The second-order valence-electron chi connectivity index (χ2n) is 4.87. The Morgan fingerprint density at radius 1 is 1.45 bits per heavy atom. The fraction of sp³-hybridized carbons (Fsp3) is 0.462. The SMILES string of the molecule is COc1cc(N)c(Cl)cc1C(=O)NC(C)CCS(C)(=O)=O.Cl. The van der Waals surface area contributed by atoms with E-state index in [4.69, 9.17) is 22.1 Å². The summed E-state index contributed by atoms with van der Waals surface area (Å²) in [6.07, 6.45) is 1.49. The molecule has 6 nitrogen and oxygen atoms in total. The number of nitrogens with one attached hydrogen (secondary N) is 1. The third-order valence-corrected chi connectivity index (χ3v) is 4.17. The van der Waals surface area contributed by atoms with Gasteiger partial charge in [-0.3, -0.25) is 4.79 Å². The van der Waals surface area contributed by atoms with Crippen LogP contribution in [0.1, 0.15) is 23.7 Å². The minimum atomic E-state index is -3.06. The van der Waals surface area contributed by atoms with Crippen LogP contribution in [0.5, 0.6) is 5.75 Å². The van der Waals surface area contributed by atoms with Crippen molar-refractivity contribution in [2.24, 2.45) is 0 Å². The van der Waals surface area contributed by atoms with E-state index in [1.807, 2.05) is 0 Å². The van der Waals surface area contributed by atoms with Crippen LogP contribution in [-0.4, -0.2) is 39.5 Å². The molecule has 1 unspecified atom stereocenters. The van der Waals surface area contributed by atoms with Crippen LogP contribution in [0, 0.1) is 0 Å². The maximum atomic E-state index is 12.2. The normalized spacial score (nSPS) is 12.2. The molecule has 1 rings (SSSR count). The molecule has 1 aromatic rings. The number of benzene rings is 1. The first-order chi connectivity index (χ1) is 9.64. The summed E-state index contributed by atoms with van der Waals surface area (Å²) in [5.41, 5.74) is 6.22. The number of halogens is 2. The number of rotatable bonds is 6. The van der Waals surface area contributed by atoms with E-state index in [2.05, 4.69) is 5.32 Å². The summed E-state index contributed by atoms with van der Waals surface area (Å²) in [5, 5.41) is 2.96. The molecule has 1 atom stereocenters. The van der Waals surface area contributed by atoms with Crippen molar-refractivity contribution in [3.8, 4) is 5.75 Å². The smallest absolute Gasteiger partial charge is 0.255 e. The van der Waals surface area contributed by atoms with Gasteiger partial charge in [-0.25, -0.2) is 8.42 Å². The first-order valence-corrected chi connectivity index (χ1v) is 8.69. The number of methoxy groups -OCH3 is 1. The van der Waals surface area contributed by atoms with Gasteiger partial charge in [-0.2, -0.15) is 0 Å². The zero-order valence-corrected chi connectivity index (χ0v) is 14.9. The van der Waals surface area contributed by atoms with Gasteiger partial charge in [-0.1, -0.05) is 11.6 Å². The van der Waals surface area contributed by atoms with Crippen LogP contribution >= 0.6 is 24.0 Å². The highest BCUT2D eigenvalue weighted by Crippen LogP contribution is 2.28. The second kappa shape index (κ2) is 8.45. The summed E-state index contributed by atoms with van der Waals surface area (Å²) in [5.74, 6) is -0.0758. The summed E-state index contributed by atoms with van der Waals surface area (Å²) < 4.78 is 27.3. The molecule has 0 bridgehead atoms. The Hall–Kier alpha value is -1.18. The first kappa shape index (κ1) is 20.8. The lowest BCUT2D eigenvalue weighted by molar-refractivity contribution is 0.0936. The predicted octanol–water partition coefficient (Wildman–Crippen LogP) is 1.91. The number of carbonyl (C=O) groups is 1. The fourth-order valence-electron chi connectivity index (χ4n) is 1.68. The quantitative estimate of drug-likeness (QED) is 0.745. The lowest BCUT2D eigenvalue weighted by atomic mass is 10.1. The van der Waals surface area contributed by atoms with Crippen LogP contribution in [0.15, 0.2) is 12.1 Å². The molecule has 0 radical (unpaired) electrons. The van der Waals surface area contributed by atoms with Gasteiger partial charge in [0.1, 0.15) is 15.6 Å². The Morgan fingerprint density at radius 2 is 2.05 bits per heavy atom. The fourth-order valence-corrected chi connectivity index (χ4v) is 2.63. The number of hydrogen-bond acceptors (Lipinski definition) is 5. The molecule has 22 heavy (non-hydrogen) atoms. The Labute approximate surface area is 141 Å². The topological polar surface area (TPSA) is 98.5 Å². The summed E-state index contributed by atoms with van der Waals surface area (Å²) in [6, 6.07) is 2.60. The average Bonchev–Trinajstić information content (AvgIpc) is 2.38. The minimum Gasteiger partial charge on any atom is -0.496 e. The van der Waals surface area contributed by atoms with Gasteiger partial charge in [-0.05, 0) is 19.4 Å². The van der Waals surface area contributed by atoms with Crippen molar-refractivity contribution in [2.75, 3.05) is 24.9 Å². The van der Waals surface area contributed by atoms with E-state index in [0.29, 0.717) is 17.9 Å². The molecule has 0 spiro atoms. The highest BCUT2D eigenvalue weighted by molar-refractivity contribution is 7.90. The number of nitrogens with two attached hydrogens (primary N) is 1. The van der Waals surface area contributed by atoms with Crippen molar-refractivity contribution in [3.05, 3.63) is 22.7 Å². The number of carbonyl (C=O) groups excluding carboxylic acids is 1. The zero-order valence-electron chi connectivity index (χ0n) is 12.6. The first-order valence-electron chi connectivity index (χ1n) is 6.25. The molecule has 0 saturated heterocycles. The van der Waals surface area contributed by atoms with E-state index >= 15 is 0 Å². The minimum absolute atomic E-state index is 0. The third-order valence-electron chi connectivity index (χ3n) is 2.86. The van der Waals surface area contributed by atoms with E-state index in [9.17, 15) is 13.2 Å². The van der Waals surface area contributed by atoms with Crippen molar-refractivity contribution in [3.63, 3.8) is 0 Å². The van der Waals surface area contributed by atoms with Crippen LogP contribution in [0.25, 0.3) is 0 Å². The van der Waals surface area contributed by atoms with E-state index in [1.165, 1.54) is 19.2 Å². The van der Waals surface area contributed by atoms with Crippen LogP contribution in [-0.2, 0) is 9.84 Å². The largest absolute Gasteiger partial charge is 0.496 e. The third kappa shape index (κ3) is 6.29. The Balaban J connectivity index is 0.00000441. The highest BCUT2D eigenvalue weighted by atomic mass is 35.5. The van der Waals surface area contributed by atoms with Crippen LogP contribution in [0.4, 0.5) is 5.69 Å². The molecule has 0 fully saturated rings. The second-order valence-corrected chi connectivity index (χ2v) is 7.53. The van der Waals surface area contributed by atoms with Crippen LogP contribution in [0.2, 0.25) is 5.02 Å². The lowest BCUT2D eigenvalue weighted by Gasteiger charge is -2.15. The molecule has 0 aliphatic rings. The molecule has 1 amide bonds. The van der Waals surface area contributed by atoms with Crippen molar-refractivity contribution in [1.29, 1.82) is 0 Å². The standard InChI is InChI=1S/C13H19ClN2O4S.ClH/c1-8(4-5-21(3,18)19)16-13(17)9-6-10(14)11(15)7-12(9)20-2;/h6-8H,4-5,15H2,1-3H3,(H,16,17);1H. The summed E-state index contributed by atoms with van der Waals surface area (Å²) in [7, 11) is -1.64. The van der Waals surface area contributed by atoms with Gasteiger partial charge >= 0.3 is 0 Å². The van der Waals surface area contributed by atoms with E-state index in [-0.39, 0.29) is 34.8 Å². The van der Waals surface area contributed by atoms with Crippen molar-refractivity contribution < 1.29 is 17.9 Å². The highest BCUT2D eigenvalue weighted by Gasteiger charge is 2.17. The number of nitrogen functional groups attached to an aromatic ring is 1. The van der Waals surface area contributed by atoms with Crippen LogP contribution < -0.4 is 15.8 Å². The zero-order chi connectivity index (χ0) is 16.2. The molecule has 0 aromatic heterocycles. The molecule has 0 aliphatic heterocycles. The van der Waals surface area contributed by atoms with Crippen molar-refractivity contribution in [2.45, 2.75) is 19.4 Å². The molecule has 126 valence electrons. The monoisotopic (exact) mass is 370 g/mol. The van der Waals surface area contributed by atoms with Gasteiger partial charge in [0.15, 0.2) is 0 Å². The number of anilines is 1. The van der Waals surface area contributed by atoms with Gasteiger partial charge in [-0.15, -0.1) is 12.4 Å². The molecular weight excluding hydrogens is 351 g/mol. The summed E-state index contributed by atoms with van der Waals surface area (Å²) in [6.45, 7) is 1.73. The number of sulfone groups is 1. The van der Waals surface area contributed by atoms with E-state index < -0.39 is 15.7 Å². The Kier molecular flexibility index (Phi) is 8.00.